The molecule has 124 heavy (non-hydrogen) atoms. The van der Waals surface area contributed by atoms with E-state index in [0.29, 0.717) is 10.0 Å². The van der Waals surface area contributed by atoms with Crippen molar-refractivity contribution in [2.45, 2.75) is 153 Å². The highest BCUT2D eigenvalue weighted by atomic mass is 35.5. The first-order chi connectivity index (χ1) is 60.5. The average molecular weight is 1710 g/mol. The number of hydrogen-bond acceptors (Lipinski definition) is 11. The van der Waals surface area contributed by atoms with Crippen LogP contribution in [-0.2, 0) is 39.1 Å². The Bertz CT molecular complexity index is 6210. The zero-order chi connectivity index (χ0) is 87.6. The van der Waals surface area contributed by atoms with E-state index in [4.69, 9.17) is 23.2 Å². The van der Waals surface area contributed by atoms with Gasteiger partial charge in [0.1, 0.15) is 0 Å². The van der Waals surface area contributed by atoms with Gasteiger partial charge in [0.05, 0.1) is 55.2 Å². The van der Waals surface area contributed by atoms with Gasteiger partial charge in [0.15, 0.2) is 27.1 Å². The number of para-hydroxylation sites is 7. The lowest BCUT2D eigenvalue weighted by molar-refractivity contribution is 0.222. The molecule has 0 aliphatic carbocycles. The van der Waals surface area contributed by atoms with Gasteiger partial charge in [-0.15, -0.1) is 0 Å². The summed E-state index contributed by atoms with van der Waals surface area (Å²) < 4.78 is 11.4. The number of benzene rings is 10. The number of aromatic nitrogens is 5. The van der Waals surface area contributed by atoms with Gasteiger partial charge in [0, 0.05) is 116 Å². The van der Waals surface area contributed by atoms with E-state index in [2.05, 4.69) is 158 Å². The van der Waals surface area contributed by atoms with E-state index in [1.54, 1.807) is 6.07 Å². The van der Waals surface area contributed by atoms with Crippen LogP contribution >= 0.6 is 23.2 Å². The van der Waals surface area contributed by atoms with Gasteiger partial charge in [-0.05, 0) is 282 Å². The van der Waals surface area contributed by atoms with E-state index in [1.165, 1.54) is 44.3 Å². The van der Waals surface area contributed by atoms with E-state index in [1.807, 2.05) is 182 Å². The molecule has 16 rings (SSSR count). The normalized spacial score (nSPS) is 12.6. The lowest BCUT2D eigenvalue weighted by Crippen LogP contribution is -2.33. The van der Waals surface area contributed by atoms with Crippen LogP contribution in [0.5, 0.6) is 0 Å². The van der Waals surface area contributed by atoms with Crippen molar-refractivity contribution in [3.05, 3.63) is 291 Å². The minimum absolute atomic E-state index is 0.0753. The molecule has 15 aromatic rings. The molecule has 0 unspecified atom stereocenters. The van der Waals surface area contributed by atoms with E-state index >= 15 is 0 Å². The smallest absolute Gasteiger partial charge is 0.197 e. The fraction of sp³-hybridized carbons (Fsp3) is 0.387. The molecular weight excluding hydrogens is 1580 g/mol. The number of fused-ring (bicyclic) bond motifs is 10. The van der Waals surface area contributed by atoms with Crippen molar-refractivity contribution in [2.24, 2.45) is 0 Å². The zero-order valence-corrected chi connectivity index (χ0v) is 76.5. The van der Waals surface area contributed by atoms with Crippen molar-refractivity contribution < 1.29 is 0 Å². The van der Waals surface area contributed by atoms with Crippen LogP contribution in [0.4, 0.5) is 0 Å². The van der Waals surface area contributed by atoms with Crippen LogP contribution in [0, 0.1) is 0 Å². The Morgan fingerprint density at radius 1 is 0.242 bits per heavy atom. The number of piperidine rings is 1. The van der Waals surface area contributed by atoms with Crippen molar-refractivity contribution >= 4 is 132 Å². The SMILES string of the molecule is CCN(CC)CCCCn1c2ccccc2c(=O)c2ccccc21.CCN(CC)CCCc1ccc2c(=O)c3ccc(Cl)cc3n(CCN3CCCCC3)c2c1.CCN(CC)CCCn1c2ccccc2c(=O)c2ccccc21.CCN(CC)CCn1c2ccccc2c(=O)c2ccc(Cl)cc21.CCN(CC)CCn1c2ccccc2c(=O)c2ccccc21. The summed E-state index contributed by atoms with van der Waals surface area (Å²) in [4.78, 5) is 78.8. The lowest BCUT2D eigenvalue weighted by Gasteiger charge is -2.27. The van der Waals surface area contributed by atoms with Gasteiger partial charge in [-0.2, -0.15) is 0 Å². The Balaban J connectivity index is 0.000000142. The number of likely N-dealkylation sites (tertiary alicyclic amines) is 1. The standard InChI is InChI=1S/C27H36ClN3O.C21H26N2O.C20H24N2O.C19H21ClN2O.C19H22N2O/c1-3-29(4-2)16-8-9-21-10-12-23-25(19-21)31(18-17-30-14-6-5-7-15-30)26-20-22(28)11-13-24(26)27(23)32;1-3-22(4-2)15-9-10-16-23-19-13-7-5-11-17(19)21(24)18-12-6-8-14-20(18)23;1-3-21(4-2)14-9-15-22-18-12-7-5-10-16(18)20(23)17-11-6-8-13-19(17)22;1-3-21(4-2)11-12-22-17-8-6-5-7-15(17)19(23)16-10-9-14(20)13-18(16)22;1-3-20(4-2)13-14-21-17-11-7-5-9-15(17)19(22)16-10-6-8-12-18(16)21/h10-13,19-20H,3-9,14-18H2,1-2H3;5-8,11-14H,3-4,9-10,15-16H2,1-2H3;5-8,10-13H,3-4,9,14-15H2,1-2H3;5-10,13H,3-4,11-12H2,1-2H3;5-12H,3-4,13-14H2,1-2H3. The predicted molar refractivity (Wildman–Crippen MR) is 530 cm³/mol. The summed E-state index contributed by atoms with van der Waals surface area (Å²) in [5, 5.41) is 9.28. The molecule has 0 N–H and O–H groups in total. The van der Waals surface area contributed by atoms with Crippen molar-refractivity contribution in [2.75, 3.05) is 118 Å². The second-order valence-corrected chi connectivity index (χ2v) is 33.3. The Hall–Kier alpha value is -10.1. The van der Waals surface area contributed by atoms with Crippen LogP contribution in [0.1, 0.15) is 120 Å². The third kappa shape index (κ3) is 22.4. The fourth-order valence-corrected chi connectivity index (χ4v) is 18.4. The molecule has 652 valence electrons. The molecule has 10 aromatic carbocycles. The molecule has 5 aromatic heterocycles. The Morgan fingerprint density at radius 3 is 0.839 bits per heavy atom. The van der Waals surface area contributed by atoms with Crippen molar-refractivity contribution in [1.29, 1.82) is 0 Å². The number of aryl methyl sites for hydroxylation is 3. The highest BCUT2D eigenvalue weighted by Crippen LogP contribution is 2.29. The van der Waals surface area contributed by atoms with Gasteiger partial charge in [-0.1, -0.05) is 190 Å². The molecule has 1 saturated heterocycles. The van der Waals surface area contributed by atoms with E-state index in [9.17, 15) is 24.0 Å². The number of rotatable bonds is 32. The Morgan fingerprint density at radius 2 is 0.500 bits per heavy atom. The summed E-state index contributed by atoms with van der Waals surface area (Å²) in [5.74, 6) is 0. The van der Waals surface area contributed by atoms with Crippen LogP contribution in [-0.4, -0.2) is 170 Å². The molecule has 0 bridgehead atoms. The molecule has 0 saturated carbocycles. The van der Waals surface area contributed by atoms with E-state index in [0.717, 1.165) is 272 Å². The highest BCUT2D eigenvalue weighted by Gasteiger charge is 2.20. The quantitative estimate of drug-likeness (QED) is 0.0295. The number of unbranched alkanes of at least 4 members (excludes halogenated alkanes) is 1. The molecule has 0 atom stereocenters. The molecule has 6 heterocycles. The van der Waals surface area contributed by atoms with E-state index in [-0.39, 0.29) is 27.1 Å². The van der Waals surface area contributed by atoms with Gasteiger partial charge in [-0.25, -0.2) is 0 Å². The van der Waals surface area contributed by atoms with Crippen LogP contribution in [0.15, 0.2) is 248 Å². The lowest BCUT2D eigenvalue weighted by atomic mass is 10.0. The fourth-order valence-electron chi connectivity index (χ4n) is 18.0. The second-order valence-electron chi connectivity index (χ2n) is 32.4. The Labute approximate surface area is 742 Å². The third-order valence-corrected chi connectivity index (χ3v) is 25.9. The average Bonchev–Trinajstić information content (AvgIpc) is 0.764. The van der Waals surface area contributed by atoms with Gasteiger partial charge < -0.3 is 52.2 Å². The van der Waals surface area contributed by atoms with Crippen LogP contribution in [0.2, 0.25) is 10.0 Å². The van der Waals surface area contributed by atoms with Crippen LogP contribution in [0.3, 0.4) is 0 Å². The van der Waals surface area contributed by atoms with Gasteiger partial charge in [-0.3, -0.25) is 24.0 Å². The van der Waals surface area contributed by atoms with Gasteiger partial charge >= 0.3 is 0 Å². The van der Waals surface area contributed by atoms with Crippen LogP contribution in [0.25, 0.3) is 109 Å². The van der Waals surface area contributed by atoms with Crippen molar-refractivity contribution in [3.63, 3.8) is 0 Å². The zero-order valence-electron chi connectivity index (χ0n) is 75.0. The first-order valence-corrected chi connectivity index (χ1v) is 46.6. The summed E-state index contributed by atoms with van der Waals surface area (Å²) in [6.07, 6.45) is 9.45. The molecule has 1 aliphatic rings. The van der Waals surface area contributed by atoms with E-state index < -0.39 is 0 Å². The Kier molecular flexibility index (Phi) is 34.7. The minimum atomic E-state index is 0.0753. The summed E-state index contributed by atoms with van der Waals surface area (Å²) in [5.41, 5.74) is 12.0. The maximum absolute atomic E-state index is 13.3. The first kappa shape index (κ1) is 93.1. The molecule has 0 amide bonds. The first-order valence-electron chi connectivity index (χ1n) is 45.8. The molecule has 16 nitrogen and oxygen atoms in total. The number of pyridine rings is 5. The van der Waals surface area contributed by atoms with Crippen LogP contribution < -0.4 is 27.1 Å². The summed E-state index contributed by atoms with van der Waals surface area (Å²) in [6.45, 7) is 45.8. The summed E-state index contributed by atoms with van der Waals surface area (Å²) >= 11 is 12.6. The third-order valence-electron chi connectivity index (χ3n) is 25.4. The molecule has 18 heteroatoms. The maximum Gasteiger partial charge on any atom is 0.197 e. The number of hydrogen-bond donors (Lipinski definition) is 0. The minimum Gasteiger partial charge on any atom is -0.340 e. The van der Waals surface area contributed by atoms with Crippen molar-refractivity contribution in [3.8, 4) is 0 Å². The number of nitrogens with zero attached hydrogens (tertiary/aromatic N) is 11. The highest BCUT2D eigenvalue weighted by molar-refractivity contribution is 6.31. The predicted octanol–water partition coefficient (Wildman–Crippen LogP) is 21.4. The monoisotopic (exact) mass is 1710 g/mol. The van der Waals surface area contributed by atoms with Crippen molar-refractivity contribution in [1.82, 2.24) is 52.2 Å². The number of likely N-dealkylation sites (N-methyl/N-ethyl adjacent to an activating group) is 2. The second kappa shape index (κ2) is 46.2. The largest absolute Gasteiger partial charge is 0.340 e. The van der Waals surface area contributed by atoms with Gasteiger partial charge in [0.2, 0.25) is 0 Å². The molecular formula is C106H129Cl2N11O5. The molecule has 1 aliphatic heterocycles. The van der Waals surface area contributed by atoms with Gasteiger partial charge in [0.25, 0.3) is 0 Å². The molecule has 1 fully saturated rings. The summed E-state index contributed by atoms with van der Waals surface area (Å²) in [7, 11) is 0. The molecule has 0 radical (unpaired) electrons. The number of halogens is 2. The molecule has 0 spiro atoms. The topological polar surface area (TPSA) is 129 Å². The summed E-state index contributed by atoms with van der Waals surface area (Å²) in [6, 6.07) is 73.1. The maximum atomic E-state index is 13.3.